The molecule has 0 aliphatic rings. The third kappa shape index (κ3) is 5.57. The van der Waals surface area contributed by atoms with E-state index in [2.05, 4.69) is 15.8 Å². The first-order valence-electron chi connectivity index (χ1n) is 9.07. The van der Waals surface area contributed by atoms with Crippen molar-refractivity contribution in [1.29, 1.82) is 0 Å². The van der Waals surface area contributed by atoms with Crippen LogP contribution in [0.1, 0.15) is 26.3 Å². The van der Waals surface area contributed by atoms with Gasteiger partial charge in [-0.05, 0) is 24.3 Å². The molecule has 0 bridgehead atoms. The van der Waals surface area contributed by atoms with Crippen molar-refractivity contribution in [2.24, 2.45) is 5.10 Å². The summed E-state index contributed by atoms with van der Waals surface area (Å²) in [5.41, 5.74) is 3.00. The minimum absolute atomic E-state index is 0.0932. The van der Waals surface area contributed by atoms with Crippen LogP contribution >= 0.6 is 0 Å². The zero-order chi connectivity index (χ0) is 23.1. The molecule has 2 amide bonds. The van der Waals surface area contributed by atoms with E-state index in [1.807, 2.05) is 0 Å². The van der Waals surface area contributed by atoms with Crippen LogP contribution in [-0.2, 0) is 0 Å². The largest absolute Gasteiger partial charge is 0.322 e. The maximum atomic E-state index is 12.4. The predicted molar refractivity (Wildman–Crippen MR) is 116 cm³/mol. The Bertz CT molecular complexity index is 1240. The molecule has 0 aliphatic carbocycles. The molecule has 0 radical (unpaired) electrons. The van der Waals surface area contributed by atoms with Crippen LogP contribution in [0.25, 0.3) is 0 Å². The Hall–Kier alpha value is -4.93. The molecular formula is C21H15N5O6. The molecule has 0 saturated heterocycles. The SMILES string of the molecule is O=C(N/N=C\c1cccc([N+](=O)[O-])c1)c1cccc(NC(=O)c2cccc([N+](=O)[O-])c2)c1. The average molecular weight is 433 g/mol. The topological polar surface area (TPSA) is 157 Å². The number of carbonyl (C=O) groups is 2. The van der Waals surface area contributed by atoms with Crippen molar-refractivity contribution in [3.63, 3.8) is 0 Å². The van der Waals surface area contributed by atoms with E-state index in [-0.39, 0.29) is 22.5 Å². The summed E-state index contributed by atoms with van der Waals surface area (Å²) in [5, 5.41) is 28.0. The van der Waals surface area contributed by atoms with E-state index in [1.54, 1.807) is 18.2 Å². The lowest BCUT2D eigenvalue weighted by atomic mass is 10.1. The summed E-state index contributed by atoms with van der Waals surface area (Å²) in [7, 11) is 0. The summed E-state index contributed by atoms with van der Waals surface area (Å²) >= 11 is 0. The third-order valence-electron chi connectivity index (χ3n) is 4.16. The normalized spacial score (nSPS) is 10.5. The van der Waals surface area contributed by atoms with Crippen molar-refractivity contribution in [3.05, 3.63) is 110 Å². The highest BCUT2D eigenvalue weighted by atomic mass is 16.6. The Morgan fingerprint density at radius 2 is 1.38 bits per heavy atom. The number of amides is 2. The van der Waals surface area contributed by atoms with Gasteiger partial charge in [-0.2, -0.15) is 5.10 Å². The molecule has 32 heavy (non-hydrogen) atoms. The number of nitro groups is 2. The van der Waals surface area contributed by atoms with Crippen molar-refractivity contribution in [2.45, 2.75) is 0 Å². The van der Waals surface area contributed by atoms with Gasteiger partial charge in [0.2, 0.25) is 0 Å². The first kappa shape index (κ1) is 21.8. The van der Waals surface area contributed by atoms with Crippen LogP contribution in [0.2, 0.25) is 0 Å². The first-order valence-corrected chi connectivity index (χ1v) is 9.07. The zero-order valence-corrected chi connectivity index (χ0v) is 16.3. The fourth-order valence-electron chi connectivity index (χ4n) is 2.65. The quantitative estimate of drug-likeness (QED) is 0.330. The molecule has 0 spiro atoms. The van der Waals surface area contributed by atoms with E-state index in [9.17, 15) is 29.8 Å². The monoisotopic (exact) mass is 433 g/mol. The van der Waals surface area contributed by atoms with Crippen molar-refractivity contribution in [1.82, 2.24) is 5.43 Å². The highest BCUT2D eigenvalue weighted by Gasteiger charge is 2.13. The van der Waals surface area contributed by atoms with Gasteiger partial charge in [-0.1, -0.05) is 24.3 Å². The summed E-state index contributed by atoms with van der Waals surface area (Å²) in [5.74, 6) is -1.15. The second kappa shape index (κ2) is 9.71. The molecule has 0 saturated carbocycles. The highest BCUT2D eigenvalue weighted by Crippen LogP contribution is 2.16. The number of nitrogens with zero attached hydrogens (tertiary/aromatic N) is 3. The Morgan fingerprint density at radius 1 is 0.781 bits per heavy atom. The number of carbonyl (C=O) groups excluding carboxylic acids is 2. The molecule has 3 aromatic rings. The van der Waals surface area contributed by atoms with Crippen LogP contribution in [0, 0.1) is 20.2 Å². The maximum Gasteiger partial charge on any atom is 0.271 e. The average Bonchev–Trinajstić information content (AvgIpc) is 2.79. The van der Waals surface area contributed by atoms with E-state index >= 15 is 0 Å². The lowest BCUT2D eigenvalue weighted by Crippen LogP contribution is -2.18. The summed E-state index contributed by atoms with van der Waals surface area (Å²) in [6.45, 7) is 0. The predicted octanol–water partition coefficient (Wildman–Crippen LogP) is 3.52. The molecule has 0 atom stereocenters. The smallest absolute Gasteiger partial charge is 0.271 e. The van der Waals surface area contributed by atoms with Crippen LogP contribution in [0.3, 0.4) is 0 Å². The summed E-state index contributed by atoms with van der Waals surface area (Å²) in [6, 6.07) is 17.0. The maximum absolute atomic E-state index is 12.4. The van der Waals surface area contributed by atoms with Gasteiger partial charge < -0.3 is 5.32 Å². The van der Waals surface area contributed by atoms with Gasteiger partial charge in [0.1, 0.15) is 0 Å². The van der Waals surface area contributed by atoms with Crippen LogP contribution in [0.4, 0.5) is 17.1 Å². The fraction of sp³-hybridized carbons (Fsp3) is 0. The van der Waals surface area contributed by atoms with Gasteiger partial charge in [-0.15, -0.1) is 0 Å². The second-order valence-corrected chi connectivity index (χ2v) is 6.39. The minimum atomic E-state index is -0.601. The zero-order valence-electron chi connectivity index (χ0n) is 16.3. The standard InChI is InChI=1S/C21H15N5O6/c27-20(16-6-3-9-19(12-16)26(31)32)23-17-7-2-5-15(11-17)21(28)24-22-13-14-4-1-8-18(10-14)25(29)30/h1-13H,(H,23,27)(H,24,28)/b22-13-. The Balaban J connectivity index is 1.66. The lowest BCUT2D eigenvalue weighted by molar-refractivity contribution is -0.385. The number of hydrogen-bond acceptors (Lipinski definition) is 7. The summed E-state index contributed by atoms with van der Waals surface area (Å²) in [6.07, 6.45) is 1.26. The minimum Gasteiger partial charge on any atom is -0.322 e. The van der Waals surface area contributed by atoms with Crippen LogP contribution in [0.15, 0.2) is 77.9 Å². The molecule has 11 nitrogen and oxygen atoms in total. The van der Waals surface area contributed by atoms with Crippen LogP contribution < -0.4 is 10.7 Å². The van der Waals surface area contributed by atoms with Gasteiger partial charge in [-0.25, -0.2) is 5.43 Å². The van der Waals surface area contributed by atoms with Crippen molar-refractivity contribution >= 4 is 35.1 Å². The Kier molecular flexibility index (Phi) is 6.61. The Labute approximate surface area is 180 Å². The van der Waals surface area contributed by atoms with E-state index in [0.717, 1.165) is 6.07 Å². The van der Waals surface area contributed by atoms with Gasteiger partial charge in [0.15, 0.2) is 0 Å². The van der Waals surface area contributed by atoms with Crippen LogP contribution in [0.5, 0.6) is 0 Å². The van der Waals surface area contributed by atoms with Crippen molar-refractivity contribution < 1.29 is 19.4 Å². The number of hydrogen-bond donors (Lipinski definition) is 2. The molecule has 0 unspecified atom stereocenters. The molecule has 11 heteroatoms. The van der Waals surface area contributed by atoms with E-state index in [1.165, 1.54) is 54.7 Å². The summed E-state index contributed by atoms with van der Waals surface area (Å²) in [4.78, 5) is 45.2. The number of rotatable bonds is 7. The van der Waals surface area contributed by atoms with Gasteiger partial charge in [-0.3, -0.25) is 29.8 Å². The first-order chi connectivity index (χ1) is 15.3. The van der Waals surface area contributed by atoms with E-state index < -0.39 is 21.7 Å². The molecule has 160 valence electrons. The molecule has 0 aliphatic heterocycles. The fourth-order valence-corrected chi connectivity index (χ4v) is 2.65. The van der Waals surface area contributed by atoms with Crippen molar-refractivity contribution in [3.8, 4) is 0 Å². The Morgan fingerprint density at radius 3 is 2.06 bits per heavy atom. The van der Waals surface area contributed by atoms with Gasteiger partial charge in [0.05, 0.1) is 16.1 Å². The summed E-state index contributed by atoms with van der Waals surface area (Å²) < 4.78 is 0. The second-order valence-electron chi connectivity index (χ2n) is 6.39. The number of nitro benzene ring substituents is 2. The number of hydrazone groups is 1. The molecule has 0 fully saturated rings. The number of nitrogens with one attached hydrogen (secondary N) is 2. The van der Waals surface area contributed by atoms with Gasteiger partial charge >= 0.3 is 0 Å². The van der Waals surface area contributed by atoms with Gasteiger partial charge in [0.25, 0.3) is 23.2 Å². The molecule has 2 N–H and O–H groups in total. The highest BCUT2D eigenvalue weighted by molar-refractivity contribution is 6.05. The number of benzene rings is 3. The van der Waals surface area contributed by atoms with Gasteiger partial charge in [0, 0.05) is 46.6 Å². The number of anilines is 1. The molecule has 0 aromatic heterocycles. The van der Waals surface area contributed by atoms with E-state index in [4.69, 9.17) is 0 Å². The molecular weight excluding hydrogens is 418 g/mol. The van der Waals surface area contributed by atoms with Crippen LogP contribution in [-0.4, -0.2) is 27.9 Å². The molecule has 0 heterocycles. The third-order valence-corrected chi connectivity index (χ3v) is 4.16. The molecule has 3 rings (SSSR count). The lowest BCUT2D eigenvalue weighted by Gasteiger charge is -2.07. The van der Waals surface area contributed by atoms with Crippen molar-refractivity contribution in [2.75, 3.05) is 5.32 Å². The number of non-ortho nitro benzene ring substituents is 2. The molecule has 3 aromatic carbocycles. The van der Waals surface area contributed by atoms with E-state index in [0.29, 0.717) is 11.3 Å².